The zero-order valence-electron chi connectivity index (χ0n) is 7.02. The van der Waals surface area contributed by atoms with E-state index in [1.807, 2.05) is 0 Å². The predicted molar refractivity (Wildman–Crippen MR) is 51.7 cm³/mol. The lowest BCUT2D eigenvalue weighted by Crippen LogP contribution is -1.99. The average molecular weight is 210 g/mol. The largest absolute Gasteiger partial charge is 0.481 e. The summed E-state index contributed by atoms with van der Waals surface area (Å²) in [5, 5.41) is 8.55. The molecule has 5 heteroatoms. The van der Waals surface area contributed by atoms with E-state index >= 15 is 0 Å². The van der Waals surface area contributed by atoms with Gasteiger partial charge in [0.1, 0.15) is 5.58 Å². The Kier molecular flexibility index (Phi) is 2.09. The summed E-state index contributed by atoms with van der Waals surface area (Å²) in [7, 11) is 0. The molecule has 0 spiro atoms. The van der Waals surface area contributed by atoms with E-state index in [1.54, 1.807) is 18.2 Å². The van der Waals surface area contributed by atoms with Crippen molar-refractivity contribution in [2.75, 3.05) is 0 Å². The lowest BCUT2D eigenvalue weighted by Gasteiger charge is -1.94. The van der Waals surface area contributed by atoms with Crippen LogP contribution in [0.5, 0.6) is 0 Å². The molecule has 0 unspecified atom stereocenters. The van der Waals surface area contributed by atoms with Crippen LogP contribution in [0, 0.1) is 0 Å². The van der Waals surface area contributed by atoms with Crippen LogP contribution in [0.4, 0.5) is 0 Å². The Morgan fingerprint density at radius 1 is 1.50 bits per heavy atom. The number of carboxylic acids is 1. The molecule has 0 aliphatic rings. The second kappa shape index (κ2) is 3.26. The average Bonchev–Trinajstić information content (AvgIpc) is 2.42. The third-order valence-electron chi connectivity index (χ3n) is 1.75. The molecule has 0 atom stereocenters. The van der Waals surface area contributed by atoms with E-state index in [2.05, 4.69) is 0 Å². The molecule has 0 radical (unpaired) electrons. The fourth-order valence-electron chi connectivity index (χ4n) is 1.20. The number of aliphatic carboxylic acids is 1. The van der Waals surface area contributed by atoms with Crippen molar-refractivity contribution >= 4 is 27.6 Å². The predicted octanol–water partition coefficient (Wildman–Crippen LogP) is 1.48. The molecule has 0 bridgehead atoms. The van der Waals surface area contributed by atoms with Gasteiger partial charge in [-0.3, -0.25) is 4.79 Å². The van der Waals surface area contributed by atoms with E-state index in [0.717, 1.165) is 16.0 Å². The van der Waals surface area contributed by atoms with Crippen LogP contribution in [0.2, 0.25) is 0 Å². The first-order valence-electron chi connectivity index (χ1n) is 3.89. The summed E-state index contributed by atoms with van der Waals surface area (Å²) in [6, 6.07) is 4.96. The Balaban J connectivity index is 2.50. The Labute approximate surface area is 82.4 Å². The Morgan fingerprint density at radius 3 is 3.00 bits per heavy atom. The molecule has 1 aromatic carbocycles. The van der Waals surface area contributed by atoms with E-state index in [4.69, 9.17) is 9.52 Å². The summed E-state index contributed by atoms with van der Waals surface area (Å²) in [6.07, 6.45) is -0.0600. The van der Waals surface area contributed by atoms with Gasteiger partial charge in [-0.1, -0.05) is 17.4 Å². The molecule has 0 saturated carbocycles. The highest BCUT2D eigenvalue weighted by atomic mass is 32.1. The van der Waals surface area contributed by atoms with Crippen molar-refractivity contribution in [2.24, 2.45) is 0 Å². The lowest BCUT2D eigenvalue weighted by atomic mass is 10.1. The molecule has 14 heavy (non-hydrogen) atoms. The fraction of sp³-hybridized carbons (Fsp3) is 0.111. The Hall–Kier alpha value is -1.62. The molecule has 2 aromatic rings. The zero-order chi connectivity index (χ0) is 10.1. The maximum atomic E-state index is 10.9. The number of rotatable bonds is 2. The highest BCUT2D eigenvalue weighted by Crippen LogP contribution is 2.18. The molecule has 0 aliphatic carbocycles. The minimum absolute atomic E-state index is 0.0600. The molecule has 1 N–H and O–H groups in total. The van der Waals surface area contributed by atoms with Crippen LogP contribution in [0.15, 0.2) is 27.4 Å². The third-order valence-corrected chi connectivity index (χ3v) is 2.56. The van der Waals surface area contributed by atoms with Gasteiger partial charge in [-0.25, -0.2) is 4.79 Å². The fourth-order valence-corrected chi connectivity index (χ4v) is 1.85. The van der Waals surface area contributed by atoms with Crippen molar-refractivity contribution in [3.8, 4) is 0 Å². The number of hydrogen-bond acceptors (Lipinski definition) is 4. The first-order valence-corrected chi connectivity index (χ1v) is 4.71. The number of fused-ring (bicyclic) bond motifs is 1. The van der Waals surface area contributed by atoms with Gasteiger partial charge in [-0.2, -0.15) is 0 Å². The third kappa shape index (κ3) is 1.67. The van der Waals surface area contributed by atoms with E-state index in [1.165, 1.54) is 0 Å². The van der Waals surface area contributed by atoms with Crippen LogP contribution >= 0.6 is 11.3 Å². The van der Waals surface area contributed by atoms with E-state index in [-0.39, 0.29) is 11.4 Å². The minimum atomic E-state index is -0.901. The van der Waals surface area contributed by atoms with Crippen LogP contribution < -0.4 is 4.94 Å². The van der Waals surface area contributed by atoms with Gasteiger partial charge < -0.3 is 9.52 Å². The monoisotopic (exact) mass is 210 g/mol. The molecule has 0 aliphatic heterocycles. The number of carboxylic acid groups (broad SMARTS) is 1. The molecular formula is C9H6O4S. The lowest BCUT2D eigenvalue weighted by molar-refractivity contribution is -0.136. The number of carbonyl (C=O) groups is 1. The van der Waals surface area contributed by atoms with Gasteiger partial charge in [0.2, 0.25) is 0 Å². The molecule has 0 fully saturated rings. The normalized spacial score (nSPS) is 10.6. The van der Waals surface area contributed by atoms with E-state index in [0.29, 0.717) is 11.1 Å². The van der Waals surface area contributed by atoms with Gasteiger partial charge in [0.25, 0.3) is 0 Å². The van der Waals surface area contributed by atoms with Crippen LogP contribution in [-0.2, 0) is 11.2 Å². The van der Waals surface area contributed by atoms with Crippen molar-refractivity contribution < 1.29 is 14.3 Å². The van der Waals surface area contributed by atoms with Crippen molar-refractivity contribution in [2.45, 2.75) is 6.42 Å². The summed E-state index contributed by atoms with van der Waals surface area (Å²) >= 11 is 1.01. The molecule has 1 heterocycles. The quantitative estimate of drug-likeness (QED) is 0.815. The minimum Gasteiger partial charge on any atom is -0.481 e. The standard InChI is InChI=1S/C9H6O4S/c10-8(11)4-5-1-2-7-6(3-5)13-9(12)14-7/h1-3H,4H2,(H,10,11). The van der Waals surface area contributed by atoms with Gasteiger partial charge >= 0.3 is 10.9 Å². The summed E-state index contributed by atoms with van der Waals surface area (Å²) in [4.78, 5) is 20.9. The van der Waals surface area contributed by atoms with E-state index in [9.17, 15) is 9.59 Å². The zero-order valence-corrected chi connectivity index (χ0v) is 7.84. The molecule has 0 saturated heterocycles. The summed E-state index contributed by atoms with van der Waals surface area (Å²) in [5.74, 6) is -0.901. The first-order chi connectivity index (χ1) is 6.65. The maximum Gasteiger partial charge on any atom is 0.396 e. The highest BCUT2D eigenvalue weighted by molar-refractivity contribution is 7.16. The van der Waals surface area contributed by atoms with Crippen molar-refractivity contribution in [1.82, 2.24) is 0 Å². The van der Waals surface area contributed by atoms with Crippen LogP contribution in [-0.4, -0.2) is 11.1 Å². The smallest absolute Gasteiger partial charge is 0.396 e. The SMILES string of the molecule is O=C(O)Cc1ccc2sc(=O)oc2c1. The van der Waals surface area contributed by atoms with Gasteiger partial charge in [0.05, 0.1) is 11.1 Å². The molecule has 4 nitrogen and oxygen atoms in total. The van der Waals surface area contributed by atoms with Crippen LogP contribution in [0.25, 0.3) is 10.3 Å². The second-order valence-electron chi connectivity index (χ2n) is 2.81. The highest BCUT2D eigenvalue weighted by Gasteiger charge is 2.05. The van der Waals surface area contributed by atoms with Gasteiger partial charge in [-0.05, 0) is 17.7 Å². The van der Waals surface area contributed by atoms with Crippen LogP contribution in [0.3, 0.4) is 0 Å². The van der Waals surface area contributed by atoms with Gasteiger partial charge in [0, 0.05) is 0 Å². The Bertz CT molecular complexity index is 537. The summed E-state index contributed by atoms with van der Waals surface area (Å²) < 4.78 is 5.60. The molecule has 72 valence electrons. The van der Waals surface area contributed by atoms with Gasteiger partial charge in [-0.15, -0.1) is 0 Å². The van der Waals surface area contributed by atoms with Crippen LogP contribution in [0.1, 0.15) is 5.56 Å². The second-order valence-corrected chi connectivity index (χ2v) is 3.78. The molecule has 1 aromatic heterocycles. The van der Waals surface area contributed by atoms with Crippen molar-refractivity contribution in [3.63, 3.8) is 0 Å². The molecule has 2 rings (SSSR count). The van der Waals surface area contributed by atoms with Crippen molar-refractivity contribution in [1.29, 1.82) is 0 Å². The summed E-state index contributed by atoms with van der Waals surface area (Å²) in [6.45, 7) is 0. The topological polar surface area (TPSA) is 67.5 Å². The summed E-state index contributed by atoms with van der Waals surface area (Å²) in [5.41, 5.74) is 1.09. The van der Waals surface area contributed by atoms with E-state index < -0.39 is 5.97 Å². The maximum absolute atomic E-state index is 10.9. The number of hydrogen-bond donors (Lipinski definition) is 1. The van der Waals surface area contributed by atoms with Crippen molar-refractivity contribution in [3.05, 3.63) is 33.5 Å². The van der Waals surface area contributed by atoms with Gasteiger partial charge in [0.15, 0.2) is 0 Å². The Morgan fingerprint density at radius 2 is 2.29 bits per heavy atom. The molecule has 0 amide bonds. The molecular weight excluding hydrogens is 204 g/mol. The number of benzene rings is 1. The first kappa shape index (κ1) is 8.96.